The maximum absolute atomic E-state index is 6.50. The van der Waals surface area contributed by atoms with Gasteiger partial charge in [-0.15, -0.1) is 0 Å². The molecule has 2 aliphatic carbocycles. The molecule has 0 saturated heterocycles. The molecular formula is C17H25N. The summed E-state index contributed by atoms with van der Waals surface area (Å²) in [5.74, 6) is 1.54. The Hall–Kier alpha value is -0.820. The summed E-state index contributed by atoms with van der Waals surface area (Å²) >= 11 is 0. The second kappa shape index (κ2) is 5.44. The van der Waals surface area contributed by atoms with Crippen LogP contribution in [0.4, 0.5) is 0 Å². The number of nitrogens with two attached hydrogens (primary N) is 1. The first kappa shape index (κ1) is 12.2. The third kappa shape index (κ3) is 2.47. The molecule has 18 heavy (non-hydrogen) atoms. The summed E-state index contributed by atoms with van der Waals surface area (Å²) in [6.45, 7) is 0. The summed E-state index contributed by atoms with van der Waals surface area (Å²) in [6.07, 6.45) is 11.0. The maximum Gasteiger partial charge on any atom is 0.0323 e. The van der Waals surface area contributed by atoms with Crippen LogP contribution in [0.5, 0.6) is 0 Å². The molecule has 98 valence electrons. The summed E-state index contributed by atoms with van der Waals surface area (Å²) in [4.78, 5) is 0. The molecule has 0 radical (unpaired) electrons. The van der Waals surface area contributed by atoms with E-state index in [1.807, 2.05) is 0 Å². The van der Waals surface area contributed by atoms with E-state index in [4.69, 9.17) is 5.73 Å². The molecular weight excluding hydrogens is 218 g/mol. The Kier molecular flexibility index (Phi) is 3.69. The van der Waals surface area contributed by atoms with Crippen LogP contribution in [-0.4, -0.2) is 0 Å². The number of benzene rings is 1. The minimum atomic E-state index is 0.269. The Morgan fingerprint density at radius 1 is 0.944 bits per heavy atom. The molecule has 3 rings (SSSR count). The molecule has 2 N–H and O–H groups in total. The van der Waals surface area contributed by atoms with Gasteiger partial charge in [-0.05, 0) is 48.6 Å². The lowest BCUT2D eigenvalue weighted by molar-refractivity contribution is 0.308. The zero-order chi connectivity index (χ0) is 12.4. The second-order valence-electron chi connectivity index (χ2n) is 6.22. The standard InChI is InChI=1S/C17H25N/c18-17(14-6-2-1-3-7-14)16-11-5-10-15(12-16)13-8-4-9-13/h5,10-14,17H,1-4,6-9,18H2. The first-order chi connectivity index (χ1) is 8.84. The summed E-state index contributed by atoms with van der Waals surface area (Å²) < 4.78 is 0. The molecule has 1 aromatic carbocycles. The smallest absolute Gasteiger partial charge is 0.0323 e. The van der Waals surface area contributed by atoms with Crippen molar-refractivity contribution in [2.45, 2.75) is 63.3 Å². The molecule has 1 unspecified atom stereocenters. The van der Waals surface area contributed by atoms with E-state index in [9.17, 15) is 0 Å². The van der Waals surface area contributed by atoms with Crippen molar-refractivity contribution in [1.29, 1.82) is 0 Å². The summed E-state index contributed by atoms with van der Waals surface area (Å²) in [7, 11) is 0. The van der Waals surface area contributed by atoms with Gasteiger partial charge in [0.25, 0.3) is 0 Å². The summed E-state index contributed by atoms with van der Waals surface area (Å²) in [5, 5.41) is 0. The van der Waals surface area contributed by atoms with E-state index >= 15 is 0 Å². The van der Waals surface area contributed by atoms with Gasteiger partial charge in [-0.2, -0.15) is 0 Å². The topological polar surface area (TPSA) is 26.0 Å². The van der Waals surface area contributed by atoms with E-state index in [-0.39, 0.29) is 6.04 Å². The van der Waals surface area contributed by atoms with Crippen LogP contribution in [0.3, 0.4) is 0 Å². The Morgan fingerprint density at radius 3 is 2.39 bits per heavy atom. The Bertz CT molecular complexity index is 388. The van der Waals surface area contributed by atoms with E-state index in [0.717, 1.165) is 11.8 Å². The third-order valence-corrected chi connectivity index (χ3v) is 5.03. The fourth-order valence-electron chi connectivity index (χ4n) is 3.53. The monoisotopic (exact) mass is 243 g/mol. The van der Waals surface area contributed by atoms with Gasteiger partial charge in [0, 0.05) is 6.04 Å². The highest BCUT2D eigenvalue weighted by molar-refractivity contribution is 5.30. The minimum Gasteiger partial charge on any atom is -0.324 e. The Balaban J connectivity index is 1.73. The molecule has 0 bridgehead atoms. The summed E-state index contributed by atoms with van der Waals surface area (Å²) in [5.41, 5.74) is 9.41. The van der Waals surface area contributed by atoms with Crippen LogP contribution in [0, 0.1) is 5.92 Å². The lowest BCUT2D eigenvalue weighted by Crippen LogP contribution is -2.23. The first-order valence-corrected chi connectivity index (χ1v) is 7.70. The largest absolute Gasteiger partial charge is 0.324 e. The second-order valence-corrected chi connectivity index (χ2v) is 6.22. The van der Waals surface area contributed by atoms with Crippen LogP contribution in [0.25, 0.3) is 0 Å². The molecule has 2 aliphatic rings. The molecule has 1 nitrogen and oxygen atoms in total. The average molecular weight is 243 g/mol. The molecule has 0 amide bonds. The Morgan fingerprint density at radius 2 is 1.72 bits per heavy atom. The first-order valence-electron chi connectivity index (χ1n) is 7.70. The quantitative estimate of drug-likeness (QED) is 0.829. The van der Waals surface area contributed by atoms with Crippen LogP contribution in [0.2, 0.25) is 0 Å². The molecule has 0 aliphatic heterocycles. The molecule has 1 heteroatoms. The molecule has 0 aromatic heterocycles. The molecule has 1 aromatic rings. The zero-order valence-corrected chi connectivity index (χ0v) is 11.3. The van der Waals surface area contributed by atoms with Crippen molar-refractivity contribution < 1.29 is 0 Å². The van der Waals surface area contributed by atoms with Crippen LogP contribution in [0.15, 0.2) is 24.3 Å². The van der Waals surface area contributed by atoms with Gasteiger partial charge < -0.3 is 5.73 Å². The number of hydrogen-bond acceptors (Lipinski definition) is 1. The van der Waals surface area contributed by atoms with Crippen LogP contribution in [-0.2, 0) is 0 Å². The summed E-state index contributed by atoms with van der Waals surface area (Å²) in [6, 6.07) is 9.40. The van der Waals surface area contributed by atoms with E-state index < -0.39 is 0 Å². The highest BCUT2D eigenvalue weighted by atomic mass is 14.7. The van der Waals surface area contributed by atoms with Crippen molar-refractivity contribution in [3.05, 3.63) is 35.4 Å². The van der Waals surface area contributed by atoms with Crippen molar-refractivity contribution in [3.8, 4) is 0 Å². The number of hydrogen-bond donors (Lipinski definition) is 1. The van der Waals surface area contributed by atoms with Crippen molar-refractivity contribution >= 4 is 0 Å². The van der Waals surface area contributed by atoms with Gasteiger partial charge in [0.15, 0.2) is 0 Å². The van der Waals surface area contributed by atoms with Crippen molar-refractivity contribution in [2.75, 3.05) is 0 Å². The lowest BCUT2D eigenvalue weighted by atomic mass is 9.77. The Labute approximate surface area is 111 Å². The van der Waals surface area contributed by atoms with E-state index in [1.165, 1.54) is 62.5 Å². The van der Waals surface area contributed by atoms with Crippen LogP contribution >= 0.6 is 0 Å². The highest BCUT2D eigenvalue weighted by Crippen LogP contribution is 2.38. The van der Waals surface area contributed by atoms with Crippen molar-refractivity contribution in [1.82, 2.24) is 0 Å². The van der Waals surface area contributed by atoms with Gasteiger partial charge in [-0.3, -0.25) is 0 Å². The highest BCUT2D eigenvalue weighted by Gasteiger charge is 2.24. The fraction of sp³-hybridized carbons (Fsp3) is 0.647. The van der Waals surface area contributed by atoms with Gasteiger partial charge in [0.2, 0.25) is 0 Å². The molecule has 2 fully saturated rings. The van der Waals surface area contributed by atoms with Gasteiger partial charge in [0.05, 0.1) is 0 Å². The molecule has 0 heterocycles. The van der Waals surface area contributed by atoms with E-state index in [1.54, 1.807) is 0 Å². The lowest BCUT2D eigenvalue weighted by Gasteiger charge is -2.30. The van der Waals surface area contributed by atoms with E-state index in [2.05, 4.69) is 24.3 Å². The van der Waals surface area contributed by atoms with Crippen molar-refractivity contribution in [3.63, 3.8) is 0 Å². The van der Waals surface area contributed by atoms with Gasteiger partial charge >= 0.3 is 0 Å². The third-order valence-electron chi connectivity index (χ3n) is 5.03. The van der Waals surface area contributed by atoms with Crippen LogP contribution < -0.4 is 5.73 Å². The maximum atomic E-state index is 6.50. The van der Waals surface area contributed by atoms with Gasteiger partial charge in [0.1, 0.15) is 0 Å². The zero-order valence-electron chi connectivity index (χ0n) is 11.3. The SMILES string of the molecule is NC(c1cccc(C2CCC2)c1)C1CCCCC1. The minimum absolute atomic E-state index is 0.269. The van der Waals surface area contributed by atoms with Crippen molar-refractivity contribution in [2.24, 2.45) is 11.7 Å². The molecule has 0 spiro atoms. The fourth-order valence-corrected chi connectivity index (χ4v) is 3.53. The number of rotatable bonds is 3. The average Bonchev–Trinajstić information content (AvgIpc) is 2.37. The van der Waals surface area contributed by atoms with Gasteiger partial charge in [-0.1, -0.05) is 49.9 Å². The molecule has 1 atom stereocenters. The predicted molar refractivity (Wildman–Crippen MR) is 76.5 cm³/mol. The van der Waals surface area contributed by atoms with Crippen LogP contribution in [0.1, 0.15) is 74.5 Å². The van der Waals surface area contributed by atoms with E-state index in [0.29, 0.717) is 0 Å². The predicted octanol–water partition coefficient (Wildman–Crippen LogP) is 4.53. The molecule has 2 saturated carbocycles. The normalized spacial score (nSPS) is 23.6. The van der Waals surface area contributed by atoms with Gasteiger partial charge in [-0.25, -0.2) is 0 Å².